The summed E-state index contributed by atoms with van der Waals surface area (Å²) in [5, 5.41) is 2.80. The molecule has 4 nitrogen and oxygen atoms in total. The molecule has 0 spiro atoms. The van der Waals surface area contributed by atoms with E-state index in [4.69, 9.17) is 5.73 Å². The second-order valence-electron chi connectivity index (χ2n) is 3.23. The predicted molar refractivity (Wildman–Crippen MR) is 48.7 cm³/mol. The number of primary amides is 1. The molecule has 13 heavy (non-hydrogen) atoms. The Morgan fingerprint density at radius 1 is 1.23 bits per heavy atom. The zero-order valence-corrected chi connectivity index (χ0v) is 7.45. The molecular formula is C9H14N2O2. The van der Waals surface area contributed by atoms with Gasteiger partial charge in [-0.3, -0.25) is 9.59 Å². The summed E-state index contributed by atoms with van der Waals surface area (Å²) >= 11 is 0. The molecule has 1 aliphatic carbocycles. The maximum absolute atomic E-state index is 11.1. The Morgan fingerprint density at radius 2 is 1.85 bits per heavy atom. The predicted octanol–water partition coefficient (Wildman–Crippen LogP) is 0.0867. The number of carbonyl (C=O) groups excluding carboxylic acids is 2. The topological polar surface area (TPSA) is 72.2 Å². The van der Waals surface area contributed by atoms with Gasteiger partial charge in [0.25, 0.3) is 0 Å². The zero-order chi connectivity index (χ0) is 9.68. The van der Waals surface area contributed by atoms with Crippen molar-refractivity contribution in [1.82, 2.24) is 5.32 Å². The van der Waals surface area contributed by atoms with Gasteiger partial charge in [-0.05, 0) is 12.8 Å². The fraction of sp³-hybridized carbons (Fsp3) is 0.556. The molecule has 2 amide bonds. The zero-order valence-electron chi connectivity index (χ0n) is 7.45. The van der Waals surface area contributed by atoms with Crippen LogP contribution in [-0.2, 0) is 9.59 Å². The van der Waals surface area contributed by atoms with Crippen molar-refractivity contribution < 1.29 is 9.59 Å². The van der Waals surface area contributed by atoms with E-state index < -0.39 is 5.91 Å². The van der Waals surface area contributed by atoms with Crippen molar-refractivity contribution in [1.29, 1.82) is 0 Å². The monoisotopic (exact) mass is 182 g/mol. The third-order valence-corrected chi connectivity index (χ3v) is 2.10. The van der Waals surface area contributed by atoms with Crippen LogP contribution >= 0.6 is 0 Å². The van der Waals surface area contributed by atoms with E-state index in [1.807, 2.05) is 0 Å². The summed E-state index contributed by atoms with van der Waals surface area (Å²) in [4.78, 5) is 21.4. The maximum Gasteiger partial charge on any atom is 0.244 e. The van der Waals surface area contributed by atoms with Crippen molar-refractivity contribution in [2.24, 2.45) is 5.73 Å². The molecule has 0 aromatic rings. The first-order chi connectivity index (χ1) is 6.18. The Kier molecular flexibility index (Phi) is 3.49. The molecule has 0 unspecified atom stereocenters. The van der Waals surface area contributed by atoms with Gasteiger partial charge in [0, 0.05) is 18.2 Å². The van der Waals surface area contributed by atoms with Gasteiger partial charge >= 0.3 is 0 Å². The van der Waals surface area contributed by atoms with Gasteiger partial charge in [-0.25, -0.2) is 0 Å². The van der Waals surface area contributed by atoms with Crippen LogP contribution in [-0.4, -0.2) is 17.9 Å². The average Bonchev–Trinajstić information content (AvgIpc) is 2.53. The van der Waals surface area contributed by atoms with Crippen LogP contribution < -0.4 is 11.1 Å². The van der Waals surface area contributed by atoms with Crippen LogP contribution in [0, 0.1) is 0 Å². The molecule has 1 rings (SSSR count). The number of carbonyl (C=O) groups is 2. The lowest BCUT2D eigenvalue weighted by molar-refractivity contribution is -0.118. The van der Waals surface area contributed by atoms with Crippen molar-refractivity contribution in [2.45, 2.75) is 31.7 Å². The van der Waals surface area contributed by atoms with Gasteiger partial charge in [-0.15, -0.1) is 0 Å². The lowest BCUT2D eigenvalue weighted by atomic mass is 10.2. The molecule has 0 aliphatic heterocycles. The number of hydrogen-bond donors (Lipinski definition) is 2. The van der Waals surface area contributed by atoms with E-state index >= 15 is 0 Å². The molecule has 1 saturated carbocycles. The first-order valence-electron chi connectivity index (χ1n) is 4.46. The average molecular weight is 182 g/mol. The Morgan fingerprint density at radius 3 is 2.38 bits per heavy atom. The summed E-state index contributed by atoms with van der Waals surface area (Å²) in [6, 6.07) is 0.282. The van der Waals surface area contributed by atoms with Crippen LogP contribution in [0.1, 0.15) is 25.7 Å². The standard InChI is InChI=1S/C9H14N2O2/c10-8(12)5-6-9(13)11-7-3-1-2-4-7/h5-7H,1-4H2,(H2,10,12)(H,11,13)/b6-5+. The molecule has 0 heterocycles. The Hall–Kier alpha value is -1.32. The third-order valence-electron chi connectivity index (χ3n) is 2.10. The normalized spacial score (nSPS) is 17.8. The Labute approximate surface area is 77.2 Å². The SMILES string of the molecule is NC(=O)/C=C/C(=O)NC1CCCC1. The van der Waals surface area contributed by atoms with E-state index in [1.54, 1.807) is 0 Å². The van der Waals surface area contributed by atoms with Crippen LogP contribution in [0.15, 0.2) is 12.2 Å². The molecular weight excluding hydrogens is 168 g/mol. The first-order valence-corrected chi connectivity index (χ1v) is 4.46. The van der Waals surface area contributed by atoms with E-state index in [0.29, 0.717) is 0 Å². The molecule has 0 saturated heterocycles. The van der Waals surface area contributed by atoms with Crippen molar-refractivity contribution >= 4 is 11.8 Å². The summed E-state index contributed by atoms with van der Waals surface area (Å²) in [5.74, 6) is -0.827. The van der Waals surface area contributed by atoms with Crippen LogP contribution in [0.4, 0.5) is 0 Å². The number of hydrogen-bond acceptors (Lipinski definition) is 2. The second-order valence-corrected chi connectivity index (χ2v) is 3.23. The van der Waals surface area contributed by atoms with Crippen LogP contribution in [0.3, 0.4) is 0 Å². The lowest BCUT2D eigenvalue weighted by Crippen LogP contribution is -2.31. The molecule has 3 N–H and O–H groups in total. The van der Waals surface area contributed by atoms with Crippen molar-refractivity contribution in [3.63, 3.8) is 0 Å². The second kappa shape index (κ2) is 4.64. The van der Waals surface area contributed by atoms with Gasteiger partial charge < -0.3 is 11.1 Å². The minimum Gasteiger partial charge on any atom is -0.366 e. The fourth-order valence-corrected chi connectivity index (χ4v) is 1.48. The minimum absolute atomic E-state index is 0.231. The molecule has 1 fully saturated rings. The highest BCUT2D eigenvalue weighted by Gasteiger charge is 2.15. The highest BCUT2D eigenvalue weighted by Crippen LogP contribution is 2.17. The van der Waals surface area contributed by atoms with E-state index in [9.17, 15) is 9.59 Å². The van der Waals surface area contributed by atoms with Gasteiger partial charge in [0.05, 0.1) is 0 Å². The number of rotatable bonds is 3. The summed E-state index contributed by atoms with van der Waals surface area (Å²) in [6.45, 7) is 0. The molecule has 0 bridgehead atoms. The maximum atomic E-state index is 11.1. The smallest absolute Gasteiger partial charge is 0.244 e. The van der Waals surface area contributed by atoms with Crippen molar-refractivity contribution in [2.75, 3.05) is 0 Å². The van der Waals surface area contributed by atoms with Gasteiger partial charge in [0.2, 0.25) is 11.8 Å². The quantitative estimate of drug-likeness (QED) is 0.607. The van der Waals surface area contributed by atoms with Crippen molar-refractivity contribution in [3.05, 3.63) is 12.2 Å². The number of nitrogens with one attached hydrogen (secondary N) is 1. The molecule has 72 valence electrons. The highest BCUT2D eigenvalue weighted by molar-refractivity contribution is 5.96. The Balaban J connectivity index is 2.28. The van der Waals surface area contributed by atoms with Gasteiger partial charge in [-0.1, -0.05) is 12.8 Å². The molecule has 0 aromatic heterocycles. The van der Waals surface area contributed by atoms with Crippen LogP contribution in [0.25, 0.3) is 0 Å². The highest BCUT2D eigenvalue weighted by atomic mass is 16.2. The van der Waals surface area contributed by atoms with Crippen LogP contribution in [0.5, 0.6) is 0 Å². The van der Waals surface area contributed by atoms with E-state index in [0.717, 1.165) is 18.9 Å². The Bertz CT molecular complexity index is 230. The summed E-state index contributed by atoms with van der Waals surface area (Å²) in [6.07, 6.45) is 6.67. The summed E-state index contributed by atoms with van der Waals surface area (Å²) < 4.78 is 0. The molecule has 0 atom stereocenters. The van der Waals surface area contributed by atoms with E-state index in [2.05, 4.69) is 5.32 Å². The largest absolute Gasteiger partial charge is 0.366 e. The molecule has 1 aliphatic rings. The van der Waals surface area contributed by atoms with Crippen LogP contribution in [0.2, 0.25) is 0 Å². The van der Waals surface area contributed by atoms with Gasteiger partial charge in [0.15, 0.2) is 0 Å². The lowest BCUT2D eigenvalue weighted by Gasteiger charge is -2.08. The number of amides is 2. The summed E-state index contributed by atoms with van der Waals surface area (Å²) in [5.41, 5.74) is 4.84. The third kappa shape index (κ3) is 3.73. The van der Waals surface area contributed by atoms with E-state index in [-0.39, 0.29) is 11.9 Å². The summed E-state index contributed by atoms with van der Waals surface area (Å²) in [7, 11) is 0. The number of nitrogens with two attached hydrogens (primary N) is 1. The minimum atomic E-state index is -0.596. The van der Waals surface area contributed by atoms with Gasteiger partial charge in [0.1, 0.15) is 0 Å². The van der Waals surface area contributed by atoms with Crippen molar-refractivity contribution in [3.8, 4) is 0 Å². The first kappa shape index (κ1) is 9.77. The molecule has 0 aromatic carbocycles. The molecule has 0 radical (unpaired) electrons. The molecule has 4 heteroatoms. The van der Waals surface area contributed by atoms with E-state index in [1.165, 1.54) is 18.9 Å². The fourth-order valence-electron chi connectivity index (χ4n) is 1.48. The van der Waals surface area contributed by atoms with Gasteiger partial charge in [-0.2, -0.15) is 0 Å².